The Morgan fingerprint density at radius 2 is 2.14 bits per heavy atom. The Morgan fingerprint density at radius 1 is 1.43 bits per heavy atom. The lowest BCUT2D eigenvalue weighted by atomic mass is 9.98. The van der Waals surface area contributed by atoms with Crippen LogP contribution in [0.5, 0.6) is 11.6 Å². The first-order valence-electron chi connectivity index (χ1n) is 6.78. The number of carboxylic acid groups (broad SMARTS) is 1. The molecule has 110 valence electrons. The average Bonchev–Trinajstić information content (AvgIpc) is 2.48. The zero-order valence-corrected chi connectivity index (χ0v) is 12.0. The third-order valence-corrected chi connectivity index (χ3v) is 3.37. The molecule has 0 saturated carbocycles. The van der Waals surface area contributed by atoms with Gasteiger partial charge in [0.2, 0.25) is 5.88 Å². The summed E-state index contributed by atoms with van der Waals surface area (Å²) in [5.41, 5.74) is 6.84. The van der Waals surface area contributed by atoms with E-state index in [1.54, 1.807) is 0 Å². The van der Waals surface area contributed by atoms with Crippen LogP contribution in [-0.4, -0.2) is 16.1 Å². The summed E-state index contributed by atoms with van der Waals surface area (Å²) < 4.78 is 5.73. The third-order valence-electron chi connectivity index (χ3n) is 3.37. The number of carbonyl (C=O) groups is 1. The molecule has 3 N–H and O–H groups in total. The van der Waals surface area contributed by atoms with Gasteiger partial charge in [-0.2, -0.15) is 0 Å². The minimum atomic E-state index is -1.12. The summed E-state index contributed by atoms with van der Waals surface area (Å²) in [7, 11) is 0. The van der Waals surface area contributed by atoms with E-state index in [2.05, 4.69) is 18.8 Å². The van der Waals surface area contributed by atoms with Gasteiger partial charge in [-0.25, -0.2) is 9.78 Å². The van der Waals surface area contributed by atoms with Gasteiger partial charge in [-0.05, 0) is 30.0 Å². The van der Waals surface area contributed by atoms with Crippen molar-refractivity contribution in [1.29, 1.82) is 0 Å². The minimum absolute atomic E-state index is 0.0473. The number of pyridine rings is 1. The minimum Gasteiger partial charge on any atom is -0.477 e. The highest BCUT2D eigenvalue weighted by Crippen LogP contribution is 2.32. The van der Waals surface area contributed by atoms with Gasteiger partial charge in [0.05, 0.1) is 11.9 Å². The Labute approximate surface area is 123 Å². The number of aromatic nitrogens is 1. The van der Waals surface area contributed by atoms with Gasteiger partial charge in [0.1, 0.15) is 11.3 Å². The van der Waals surface area contributed by atoms with Crippen LogP contribution in [0, 0.1) is 0 Å². The summed E-state index contributed by atoms with van der Waals surface area (Å²) in [6.07, 6.45) is 2.34. The van der Waals surface area contributed by atoms with Crippen LogP contribution in [0.25, 0.3) is 0 Å². The van der Waals surface area contributed by atoms with Gasteiger partial charge >= 0.3 is 5.97 Å². The zero-order valence-electron chi connectivity index (χ0n) is 12.0. The summed E-state index contributed by atoms with van der Waals surface area (Å²) in [5, 5.41) is 9.22. The summed E-state index contributed by atoms with van der Waals surface area (Å²) in [6.45, 7) is 4.18. The van der Waals surface area contributed by atoms with E-state index < -0.39 is 5.97 Å². The van der Waals surface area contributed by atoms with E-state index in [4.69, 9.17) is 10.5 Å². The monoisotopic (exact) mass is 286 g/mol. The van der Waals surface area contributed by atoms with E-state index >= 15 is 0 Å². The predicted octanol–water partition coefficient (Wildman–Crippen LogP) is 3.67. The largest absolute Gasteiger partial charge is 0.477 e. The van der Waals surface area contributed by atoms with Crippen molar-refractivity contribution < 1.29 is 14.6 Å². The summed E-state index contributed by atoms with van der Waals surface area (Å²) in [6, 6.07) is 8.91. The number of rotatable bonds is 5. The molecule has 0 radical (unpaired) electrons. The fourth-order valence-corrected chi connectivity index (χ4v) is 2.01. The van der Waals surface area contributed by atoms with Crippen LogP contribution in [0.3, 0.4) is 0 Å². The van der Waals surface area contributed by atoms with Crippen molar-refractivity contribution in [3.63, 3.8) is 0 Å². The van der Waals surface area contributed by atoms with Crippen LogP contribution in [0.1, 0.15) is 42.1 Å². The van der Waals surface area contributed by atoms with E-state index in [0.29, 0.717) is 11.7 Å². The molecule has 1 atom stereocenters. The number of nitrogens with two attached hydrogens (primary N) is 1. The molecular formula is C16H18N2O3. The van der Waals surface area contributed by atoms with E-state index in [-0.39, 0.29) is 17.1 Å². The second kappa shape index (κ2) is 6.26. The molecule has 1 heterocycles. The molecule has 5 heteroatoms. The number of anilines is 1. The summed E-state index contributed by atoms with van der Waals surface area (Å²) >= 11 is 0. The molecule has 0 aliphatic heterocycles. The van der Waals surface area contributed by atoms with Crippen LogP contribution in [-0.2, 0) is 0 Å². The van der Waals surface area contributed by atoms with Crippen LogP contribution >= 0.6 is 0 Å². The molecule has 0 bridgehead atoms. The van der Waals surface area contributed by atoms with E-state index in [1.807, 2.05) is 24.3 Å². The molecule has 1 unspecified atom stereocenters. The van der Waals surface area contributed by atoms with Crippen LogP contribution < -0.4 is 10.5 Å². The van der Waals surface area contributed by atoms with Crippen molar-refractivity contribution in [3.05, 3.63) is 47.7 Å². The molecule has 1 aromatic heterocycles. The van der Waals surface area contributed by atoms with E-state index in [1.165, 1.54) is 12.3 Å². The maximum atomic E-state index is 11.3. The van der Waals surface area contributed by atoms with E-state index in [0.717, 1.165) is 12.0 Å². The number of hydrogen-bond donors (Lipinski definition) is 2. The van der Waals surface area contributed by atoms with Gasteiger partial charge in [0, 0.05) is 0 Å². The first-order valence-corrected chi connectivity index (χ1v) is 6.78. The number of hydrogen-bond acceptors (Lipinski definition) is 4. The highest BCUT2D eigenvalue weighted by atomic mass is 16.5. The number of nitrogen functional groups attached to an aromatic ring is 1. The molecule has 2 aromatic rings. The maximum Gasteiger partial charge on any atom is 0.341 e. The highest BCUT2D eigenvalue weighted by molar-refractivity contribution is 5.91. The Morgan fingerprint density at radius 3 is 2.81 bits per heavy atom. The van der Waals surface area contributed by atoms with Crippen LogP contribution in [0.15, 0.2) is 36.5 Å². The van der Waals surface area contributed by atoms with Gasteiger partial charge in [-0.15, -0.1) is 0 Å². The Hall–Kier alpha value is -2.56. The first-order chi connectivity index (χ1) is 10.0. The Kier molecular flexibility index (Phi) is 4.42. The lowest BCUT2D eigenvalue weighted by Gasteiger charge is -2.15. The smallest absolute Gasteiger partial charge is 0.341 e. The molecule has 0 aliphatic carbocycles. The Balaban J connectivity index is 2.41. The van der Waals surface area contributed by atoms with E-state index in [9.17, 15) is 9.90 Å². The van der Waals surface area contributed by atoms with Crippen molar-refractivity contribution in [3.8, 4) is 11.6 Å². The third kappa shape index (κ3) is 3.31. The molecule has 0 aliphatic rings. The standard InChI is InChI=1S/C16H18N2O3/c1-3-10(2)12-6-4-5-7-14(12)21-15-13(16(19)20)8-11(17)9-18-15/h4-10H,3,17H2,1-2H3,(H,19,20). The summed E-state index contributed by atoms with van der Waals surface area (Å²) in [4.78, 5) is 15.3. The van der Waals surface area contributed by atoms with Crippen molar-refractivity contribution in [2.24, 2.45) is 0 Å². The first kappa shape index (κ1) is 14.8. The molecule has 2 rings (SSSR count). The van der Waals surface area contributed by atoms with Crippen LogP contribution in [0.2, 0.25) is 0 Å². The number of ether oxygens (including phenoxy) is 1. The van der Waals surface area contributed by atoms with Crippen molar-refractivity contribution >= 4 is 11.7 Å². The second-order valence-electron chi connectivity index (χ2n) is 4.88. The van der Waals surface area contributed by atoms with Gasteiger partial charge in [-0.1, -0.05) is 32.0 Å². The summed E-state index contributed by atoms with van der Waals surface area (Å²) in [5.74, 6) is -0.145. The lowest BCUT2D eigenvalue weighted by molar-refractivity contribution is 0.0693. The molecule has 0 spiro atoms. The van der Waals surface area contributed by atoms with Crippen LogP contribution in [0.4, 0.5) is 5.69 Å². The zero-order chi connectivity index (χ0) is 15.4. The molecule has 1 aromatic carbocycles. The van der Waals surface area contributed by atoms with Gasteiger partial charge in [-0.3, -0.25) is 0 Å². The fraction of sp³-hybridized carbons (Fsp3) is 0.250. The van der Waals surface area contributed by atoms with Gasteiger partial charge in [0.25, 0.3) is 0 Å². The number of para-hydroxylation sites is 1. The molecule has 5 nitrogen and oxygen atoms in total. The number of carboxylic acids is 1. The average molecular weight is 286 g/mol. The number of aromatic carboxylic acids is 1. The quantitative estimate of drug-likeness (QED) is 0.876. The fourth-order valence-electron chi connectivity index (χ4n) is 2.01. The predicted molar refractivity (Wildman–Crippen MR) is 80.8 cm³/mol. The normalized spacial score (nSPS) is 11.9. The number of benzene rings is 1. The van der Waals surface area contributed by atoms with Crippen molar-refractivity contribution in [2.45, 2.75) is 26.2 Å². The lowest BCUT2D eigenvalue weighted by Crippen LogP contribution is -2.05. The molecule has 0 amide bonds. The van der Waals surface area contributed by atoms with Crippen molar-refractivity contribution in [1.82, 2.24) is 4.98 Å². The highest BCUT2D eigenvalue weighted by Gasteiger charge is 2.17. The van der Waals surface area contributed by atoms with Gasteiger partial charge < -0.3 is 15.6 Å². The topological polar surface area (TPSA) is 85.4 Å². The second-order valence-corrected chi connectivity index (χ2v) is 4.88. The van der Waals surface area contributed by atoms with Crippen molar-refractivity contribution in [2.75, 3.05) is 5.73 Å². The Bertz CT molecular complexity index is 656. The number of nitrogens with zero attached hydrogens (tertiary/aromatic N) is 1. The molecule has 0 saturated heterocycles. The molecule has 21 heavy (non-hydrogen) atoms. The molecular weight excluding hydrogens is 268 g/mol. The maximum absolute atomic E-state index is 11.3. The molecule has 0 fully saturated rings. The SMILES string of the molecule is CCC(C)c1ccccc1Oc1ncc(N)cc1C(=O)O. The van der Waals surface area contributed by atoms with Gasteiger partial charge in [0.15, 0.2) is 0 Å².